The molecule has 1 atom stereocenters. The molecule has 0 amide bonds. The summed E-state index contributed by atoms with van der Waals surface area (Å²) in [4.78, 5) is 0. The van der Waals surface area contributed by atoms with Gasteiger partial charge in [0.1, 0.15) is 11.9 Å². The molecule has 0 aliphatic rings. The van der Waals surface area contributed by atoms with Crippen LogP contribution < -0.4 is 14.8 Å². The molecule has 4 aromatic rings. The zero-order chi connectivity index (χ0) is 25.9. The molecule has 5 heteroatoms. The molecule has 0 saturated heterocycles. The van der Waals surface area contributed by atoms with E-state index in [0.717, 1.165) is 11.3 Å². The highest BCUT2D eigenvalue weighted by molar-refractivity contribution is 7.00. The first-order valence-corrected chi connectivity index (χ1v) is 14.4. The Morgan fingerprint density at radius 1 is 0.806 bits per heavy atom. The molecule has 1 unspecified atom stereocenters. The zero-order valence-corrected chi connectivity index (χ0v) is 23.0. The maximum atomic E-state index is 9.97. The van der Waals surface area contributed by atoms with Gasteiger partial charge in [0.05, 0.1) is 10.0 Å². The topological polar surface area (TPSA) is 29.5 Å². The Bertz CT molecular complexity index is 1310. The lowest BCUT2D eigenvalue weighted by Crippen LogP contribution is -2.68. The molecule has 2 nitrogen and oxygen atoms in total. The van der Waals surface area contributed by atoms with Crippen molar-refractivity contribution in [1.82, 2.24) is 0 Å². The van der Waals surface area contributed by atoms with Crippen LogP contribution in [-0.2, 0) is 0 Å². The summed E-state index contributed by atoms with van der Waals surface area (Å²) in [5, 5.41) is 13.1. The summed E-state index contributed by atoms with van der Waals surface area (Å²) in [6.45, 7) is 6.75. The van der Waals surface area contributed by atoms with Crippen molar-refractivity contribution in [2.24, 2.45) is 0 Å². The Hall–Kier alpha value is -3.00. The van der Waals surface area contributed by atoms with Crippen LogP contribution in [0.4, 0.5) is 0 Å². The van der Waals surface area contributed by atoms with Gasteiger partial charge in [0.2, 0.25) is 0 Å². The number of aliphatic hydroxyl groups is 1. The van der Waals surface area contributed by atoms with E-state index >= 15 is 0 Å². The second kappa shape index (κ2) is 10.5. The van der Waals surface area contributed by atoms with Gasteiger partial charge in [-0.05, 0) is 50.8 Å². The van der Waals surface area contributed by atoms with Gasteiger partial charge in [0.15, 0.2) is 0 Å². The number of terminal acetylenes is 1. The third-order valence-corrected chi connectivity index (χ3v) is 11.9. The van der Waals surface area contributed by atoms with Gasteiger partial charge in [-0.2, -0.15) is 0 Å². The third kappa shape index (κ3) is 4.96. The highest BCUT2D eigenvalue weighted by Crippen LogP contribution is 2.40. The minimum absolute atomic E-state index is 0.144. The zero-order valence-electron chi connectivity index (χ0n) is 20.5. The number of rotatable bonds is 6. The Morgan fingerprint density at radius 2 is 1.28 bits per heavy atom. The molecule has 36 heavy (non-hydrogen) atoms. The van der Waals surface area contributed by atoms with Crippen LogP contribution in [0.3, 0.4) is 0 Å². The lowest BCUT2D eigenvalue weighted by Gasteiger charge is -2.43. The lowest BCUT2D eigenvalue weighted by molar-refractivity contribution is 0.238. The Labute approximate surface area is 224 Å². The highest BCUT2D eigenvalue weighted by Gasteiger charge is 2.52. The molecule has 1 N–H and O–H groups in total. The van der Waals surface area contributed by atoms with E-state index in [2.05, 4.69) is 75.2 Å². The fourth-order valence-electron chi connectivity index (χ4n) is 4.64. The third-order valence-electron chi connectivity index (χ3n) is 6.37. The Morgan fingerprint density at radius 3 is 1.69 bits per heavy atom. The standard InChI is InChI=1S/C31H28Cl2O2Si/c1-5-29(34)23-20-27(32)30(28(33)21-23)22-16-18-24(19-17-22)35-36(31(2,3)4,25-12-8-6-9-13-25)26-14-10-7-11-15-26/h1,6-21,29,34H,2-4H3. The Balaban J connectivity index is 1.78. The number of benzene rings is 4. The maximum Gasteiger partial charge on any atom is 0.319 e. The first-order chi connectivity index (χ1) is 17.2. The van der Waals surface area contributed by atoms with Crippen LogP contribution in [0.1, 0.15) is 32.4 Å². The van der Waals surface area contributed by atoms with Gasteiger partial charge < -0.3 is 9.53 Å². The number of halogens is 2. The lowest BCUT2D eigenvalue weighted by atomic mass is 10.0. The molecule has 182 valence electrons. The van der Waals surface area contributed by atoms with E-state index in [9.17, 15) is 5.11 Å². The van der Waals surface area contributed by atoms with Gasteiger partial charge >= 0.3 is 8.32 Å². The quantitative estimate of drug-likeness (QED) is 0.210. The summed E-state index contributed by atoms with van der Waals surface area (Å²) in [5.74, 6) is 3.07. The van der Waals surface area contributed by atoms with Crippen LogP contribution in [0.25, 0.3) is 11.1 Å². The molecule has 0 radical (unpaired) electrons. The van der Waals surface area contributed by atoms with Crippen molar-refractivity contribution in [2.45, 2.75) is 31.9 Å². The van der Waals surface area contributed by atoms with Crippen LogP contribution >= 0.6 is 23.2 Å². The second-order valence-electron chi connectivity index (χ2n) is 9.72. The van der Waals surface area contributed by atoms with E-state index in [4.69, 9.17) is 34.1 Å². The van der Waals surface area contributed by atoms with E-state index in [1.54, 1.807) is 12.1 Å². The molecule has 0 fully saturated rings. The molecule has 0 aromatic heterocycles. The highest BCUT2D eigenvalue weighted by atomic mass is 35.5. The Kier molecular flexibility index (Phi) is 7.64. The van der Waals surface area contributed by atoms with Crippen molar-refractivity contribution in [2.75, 3.05) is 0 Å². The monoisotopic (exact) mass is 530 g/mol. The predicted octanol–water partition coefficient (Wildman–Crippen LogP) is 7.27. The second-order valence-corrected chi connectivity index (χ2v) is 14.8. The van der Waals surface area contributed by atoms with E-state index in [1.807, 2.05) is 36.4 Å². The van der Waals surface area contributed by atoms with Crippen LogP contribution in [0.2, 0.25) is 15.1 Å². The molecule has 0 saturated carbocycles. The van der Waals surface area contributed by atoms with Gasteiger partial charge in [0, 0.05) is 5.56 Å². The summed E-state index contributed by atoms with van der Waals surface area (Å²) in [6, 6.07) is 32.2. The fourth-order valence-corrected chi connectivity index (χ4v) is 9.78. The molecule has 4 aromatic carbocycles. The molecule has 0 bridgehead atoms. The van der Waals surface area contributed by atoms with Crippen molar-refractivity contribution >= 4 is 41.9 Å². The average molecular weight is 532 g/mol. The molecule has 0 aliphatic carbocycles. The van der Waals surface area contributed by atoms with Crippen LogP contribution in [0.5, 0.6) is 5.75 Å². The van der Waals surface area contributed by atoms with Crippen molar-refractivity contribution in [3.8, 4) is 29.2 Å². The largest absolute Gasteiger partial charge is 0.534 e. The maximum absolute atomic E-state index is 9.97. The summed E-state index contributed by atoms with van der Waals surface area (Å²) < 4.78 is 7.07. The van der Waals surface area contributed by atoms with E-state index in [1.165, 1.54) is 10.4 Å². The number of hydrogen-bond acceptors (Lipinski definition) is 2. The number of hydrogen-bond donors (Lipinski definition) is 1. The number of aliphatic hydroxyl groups excluding tert-OH is 1. The molecular formula is C31H28Cl2O2Si. The van der Waals surface area contributed by atoms with Gasteiger partial charge in [-0.15, -0.1) is 6.42 Å². The van der Waals surface area contributed by atoms with Crippen molar-refractivity contribution in [3.05, 3.63) is 113 Å². The molecule has 0 aliphatic heterocycles. The minimum atomic E-state index is -2.73. The van der Waals surface area contributed by atoms with E-state index in [-0.39, 0.29) is 5.04 Å². The fraction of sp³-hybridized carbons (Fsp3) is 0.161. The summed E-state index contributed by atoms with van der Waals surface area (Å²) in [6.07, 6.45) is 4.28. The normalized spacial score (nSPS) is 12.6. The minimum Gasteiger partial charge on any atom is -0.534 e. The predicted molar refractivity (Wildman–Crippen MR) is 154 cm³/mol. The molecule has 4 rings (SSSR count). The van der Waals surface area contributed by atoms with E-state index in [0.29, 0.717) is 21.2 Å². The first kappa shape index (κ1) is 26.1. The van der Waals surface area contributed by atoms with Gasteiger partial charge in [0.25, 0.3) is 0 Å². The van der Waals surface area contributed by atoms with Crippen LogP contribution in [-0.4, -0.2) is 13.4 Å². The summed E-state index contributed by atoms with van der Waals surface area (Å²) >= 11 is 13.1. The van der Waals surface area contributed by atoms with Crippen LogP contribution in [0, 0.1) is 12.3 Å². The first-order valence-electron chi connectivity index (χ1n) is 11.7. The van der Waals surface area contributed by atoms with Crippen molar-refractivity contribution in [3.63, 3.8) is 0 Å². The van der Waals surface area contributed by atoms with Crippen molar-refractivity contribution < 1.29 is 9.53 Å². The summed E-state index contributed by atoms with van der Waals surface area (Å²) in [5.41, 5.74) is 2.02. The smallest absolute Gasteiger partial charge is 0.319 e. The molecular weight excluding hydrogens is 503 g/mol. The van der Waals surface area contributed by atoms with Crippen LogP contribution in [0.15, 0.2) is 97.1 Å². The molecule has 0 spiro atoms. The molecule has 0 heterocycles. The average Bonchev–Trinajstić information content (AvgIpc) is 2.87. The summed E-state index contributed by atoms with van der Waals surface area (Å²) in [7, 11) is -2.73. The SMILES string of the molecule is C#CC(O)c1cc(Cl)c(-c2ccc(O[Si](c3ccccc3)(c3ccccc3)C(C)(C)C)cc2)c(Cl)c1. The van der Waals surface area contributed by atoms with E-state index < -0.39 is 14.4 Å². The van der Waals surface area contributed by atoms with Gasteiger partial charge in [-0.1, -0.05) is 123 Å². The van der Waals surface area contributed by atoms with Gasteiger partial charge in [-0.3, -0.25) is 0 Å². The van der Waals surface area contributed by atoms with Crippen molar-refractivity contribution in [1.29, 1.82) is 0 Å². The van der Waals surface area contributed by atoms with Gasteiger partial charge in [-0.25, -0.2) is 0 Å².